The third kappa shape index (κ3) is 6.04. The molecule has 1 unspecified atom stereocenters. The van der Waals surface area contributed by atoms with Gasteiger partial charge in [0.15, 0.2) is 9.84 Å². The zero-order valence-corrected chi connectivity index (χ0v) is 15.4. The Morgan fingerprint density at radius 1 is 1.22 bits per heavy atom. The maximum absolute atomic E-state index is 12.2. The fourth-order valence-electron chi connectivity index (χ4n) is 2.52. The van der Waals surface area contributed by atoms with Gasteiger partial charge >= 0.3 is 0 Å². The van der Waals surface area contributed by atoms with E-state index in [1.54, 1.807) is 0 Å². The zero-order valence-electron chi connectivity index (χ0n) is 13.0. The number of piperidine rings is 1. The normalized spacial score (nSPS) is 19.1. The van der Waals surface area contributed by atoms with E-state index in [1.165, 1.54) is 24.3 Å². The molecule has 1 atom stereocenters. The third-order valence-electron chi connectivity index (χ3n) is 3.79. The molecule has 23 heavy (non-hydrogen) atoms. The standard InChI is InChI=1S/C14H22N2O4S2.ClH/c1-21(17,18)13-5-2-6-14(10-13)22(19,20)16-9-7-12-4-3-8-15-11-12;/h2,5-6,10,12,15-16H,3-4,7-9,11H2,1H3;1H. The summed E-state index contributed by atoms with van der Waals surface area (Å²) in [5.74, 6) is 0.485. The average molecular weight is 383 g/mol. The number of sulfonamides is 1. The Balaban J connectivity index is 0.00000264. The molecule has 2 N–H and O–H groups in total. The molecule has 6 nitrogen and oxygen atoms in total. The van der Waals surface area contributed by atoms with Crippen LogP contribution in [0.25, 0.3) is 0 Å². The highest BCUT2D eigenvalue weighted by Crippen LogP contribution is 2.17. The molecule has 1 aliphatic rings. The fourth-order valence-corrected chi connectivity index (χ4v) is 4.36. The smallest absolute Gasteiger partial charge is 0.240 e. The first-order valence-electron chi connectivity index (χ1n) is 7.29. The first kappa shape index (κ1) is 20.4. The summed E-state index contributed by atoms with van der Waals surface area (Å²) in [4.78, 5) is -0.0101. The summed E-state index contributed by atoms with van der Waals surface area (Å²) in [6.07, 6.45) is 4.06. The molecule has 1 heterocycles. The van der Waals surface area contributed by atoms with Crippen LogP contribution < -0.4 is 10.0 Å². The van der Waals surface area contributed by atoms with E-state index in [2.05, 4.69) is 10.0 Å². The predicted molar refractivity (Wildman–Crippen MR) is 92.2 cm³/mol. The van der Waals surface area contributed by atoms with Gasteiger partial charge in [0.1, 0.15) is 0 Å². The van der Waals surface area contributed by atoms with E-state index in [-0.39, 0.29) is 22.2 Å². The first-order chi connectivity index (χ1) is 10.3. The van der Waals surface area contributed by atoms with Crippen molar-refractivity contribution >= 4 is 32.3 Å². The highest BCUT2D eigenvalue weighted by atomic mass is 35.5. The van der Waals surface area contributed by atoms with Crippen molar-refractivity contribution in [2.45, 2.75) is 29.1 Å². The summed E-state index contributed by atoms with van der Waals surface area (Å²) in [7, 11) is -7.10. The van der Waals surface area contributed by atoms with Gasteiger partial charge in [-0.05, 0) is 56.5 Å². The fraction of sp³-hybridized carbons (Fsp3) is 0.571. The van der Waals surface area contributed by atoms with E-state index in [1.807, 2.05) is 0 Å². The Morgan fingerprint density at radius 2 is 1.91 bits per heavy atom. The summed E-state index contributed by atoms with van der Waals surface area (Å²) < 4.78 is 50.0. The summed E-state index contributed by atoms with van der Waals surface area (Å²) in [6, 6.07) is 5.43. The van der Waals surface area contributed by atoms with Crippen LogP contribution in [0.4, 0.5) is 0 Å². The topological polar surface area (TPSA) is 92.3 Å². The molecule has 0 bridgehead atoms. The quantitative estimate of drug-likeness (QED) is 0.770. The lowest BCUT2D eigenvalue weighted by Gasteiger charge is -2.22. The van der Waals surface area contributed by atoms with Crippen LogP contribution in [0, 0.1) is 5.92 Å². The van der Waals surface area contributed by atoms with Gasteiger partial charge < -0.3 is 5.32 Å². The number of hydrogen-bond acceptors (Lipinski definition) is 5. The Labute approximate surface area is 144 Å². The van der Waals surface area contributed by atoms with Crippen LogP contribution in [0.15, 0.2) is 34.1 Å². The Kier molecular flexibility index (Phi) is 7.47. The molecule has 1 aromatic carbocycles. The van der Waals surface area contributed by atoms with Gasteiger partial charge in [-0.1, -0.05) is 6.07 Å². The van der Waals surface area contributed by atoms with Crippen molar-refractivity contribution in [3.05, 3.63) is 24.3 Å². The van der Waals surface area contributed by atoms with E-state index < -0.39 is 19.9 Å². The molecule has 0 saturated carbocycles. The van der Waals surface area contributed by atoms with E-state index in [0.29, 0.717) is 12.5 Å². The Bertz CT molecular complexity index is 714. The van der Waals surface area contributed by atoms with Gasteiger partial charge in [0, 0.05) is 12.8 Å². The number of halogens is 1. The second kappa shape index (κ2) is 8.43. The van der Waals surface area contributed by atoms with E-state index in [9.17, 15) is 16.8 Å². The maximum Gasteiger partial charge on any atom is 0.240 e. The first-order valence-corrected chi connectivity index (χ1v) is 10.7. The molecule has 1 aromatic rings. The number of sulfone groups is 1. The third-order valence-corrected chi connectivity index (χ3v) is 6.36. The Hall–Kier alpha value is -0.670. The van der Waals surface area contributed by atoms with Crippen LogP contribution in [0.5, 0.6) is 0 Å². The Morgan fingerprint density at radius 3 is 2.52 bits per heavy atom. The molecule has 2 rings (SSSR count). The zero-order chi connectivity index (χ0) is 16.2. The highest BCUT2D eigenvalue weighted by molar-refractivity contribution is 7.91. The molecule has 1 saturated heterocycles. The molecular formula is C14H23ClN2O4S2. The summed E-state index contributed by atoms with van der Waals surface area (Å²) in [5.41, 5.74) is 0. The van der Waals surface area contributed by atoms with Gasteiger partial charge in [-0.3, -0.25) is 0 Å². The highest BCUT2D eigenvalue weighted by Gasteiger charge is 2.18. The maximum atomic E-state index is 12.2. The predicted octanol–water partition coefficient (Wildman–Crippen LogP) is 1.18. The van der Waals surface area contributed by atoms with Crippen LogP contribution in [0.3, 0.4) is 0 Å². The van der Waals surface area contributed by atoms with Gasteiger partial charge in [-0.2, -0.15) is 0 Å². The lowest BCUT2D eigenvalue weighted by molar-refractivity contribution is 0.358. The van der Waals surface area contributed by atoms with Crippen molar-refractivity contribution in [3.8, 4) is 0 Å². The summed E-state index contributed by atoms with van der Waals surface area (Å²) in [5, 5.41) is 3.29. The molecule has 0 amide bonds. The molecule has 0 aromatic heterocycles. The SMILES string of the molecule is CS(=O)(=O)c1cccc(S(=O)(=O)NCCC2CCCNC2)c1.Cl. The lowest BCUT2D eigenvalue weighted by atomic mass is 9.96. The van der Waals surface area contributed by atoms with Crippen LogP contribution in [-0.4, -0.2) is 42.7 Å². The van der Waals surface area contributed by atoms with Gasteiger partial charge in [0.05, 0.1) is 9.79 Å². The minimum Gasteiger partial charge on any atom is -0.316 e. The number of rotatable bonds is 6. The molecule has 0 aliphatic carbocycles. The van der Waals surface area contributed by atoms with Crippen molar-refractivity contribution in [1.82, 2.24) is 10.0 Å². The number of hydrogen-bond donors (Lipinski definition) is 2. The van der Waals surface area contributed by atoms with Crippen LogP contribution in [0.1, 0.15) is 19.3 Å². The number of benzene rings is 1. The van der Waals surface area contributed by atoms with Gasteiger partial charge in [0.25, 0.3) is 0 Å². The molecule has 132 valence electrons. The van der Waals surface area contributed by atoms with Crippen molar-refractivity contribution in [3.63, 3.8) is 0 Å². The van der Waals surface area contributed by atoms with Crippen molar-refractivity contribution < 1.29 is 16.8 Å². The van der Waals surface area contributed by atoms with Crippen molar-refractivity contribution in [2.24, 2.45) is 5.92 Å². The van der Waals surface area contributed by atoms with E-state index in [0.717, 1.165) is 38.6 Å². The van der Waals surface area contributed by atoms with Crippen molar-refractivity contribution in [2.75, 3.05) is 25.9 Å². The molecule has 1 fully saturated rings. The molecule has 0 spiro atoms. The van der Waals surface area contributed by atoms with E-state index in [4.69, 9.17) is 0 Å². The second-order valence-electron chi connectivity index (χ2n) is 5.65. The van der Waals surface area contributed by atoms with Crippen molar-refractivity contribution in [1.29, 1.82) is 0 Å². The van der Waals surface area contributed by atoms with Crippen LogP contribution in [0.2, 0.25) is 0 Å². The summed E-state index contributed by atoms with van der Waals surface area (Å²) in [6.45, 7) is 2.31. The summed E-state index contributed by atoms with van der Waals surface area (Å²) >= 11 is 0. The van der Waals surface area contributed by atoms with Gasteiger partial charge in [-0.15, -0.1) is 12.4 Å². The molecule has 9 heteroatoms. The minimum atomic E-state index is -3.68. The van der Waals surface area contributed by atoms with Gasteiger partial charge in [0.2, 0.25) is 10.0 Å². The van der Waals surface area contributed by atoms with Gasteiger partial charge in [-0.25, -0.2) is 21.6 Å². The lowest BCUT2D eigenvalue weighted by Crippen LogP contribution is -2.33. The van der Waals surface area contributed by atoms with Crippen LogP contribution in [-0.2, 0) is 19.9 Å². The molecule has 0 radical (unpaired) electrons. The minimum absolute atomic E-state index is 0. The average Bonchev–Trinajstić information content (AvgIpc) is 2.47. The number of nitrogens with one attached hydrogen (secondary N) is 2. The molecule has 1 aliphatic heterocycles. The second-order valence-corrected chi connectivity index (χ2v) is 9.43. The van der Waals surface area contributed by atoms with E-state index >= 15 is 0 Å². The van der Waals surface area contributed by atoms with Crippen LogP contribution >= 0.6 is 12.4 Å². The monoisotopic (exact) mass is 382 g/mol. The largest absolute Gasteiger partial charge is 0.316 e. The molecular weight excluding hydrogens is 360 g/mol.